The summed E-state index contributed by atoms with van der Waals surface area (Å²) in [4.78, 5) is 4.35. The molecule has 2 aromatic rings. The van der Waals surface area contributed by atoms with E-state index in [0.29, 0.717) is 5.11 Å². The van der Waals surface area contributed by atoms with E-state index in [9.17, 15) is 0 Å². The topological polar surface area (TPSA) is 49.0 Å². The molecule has 4 nitrogen and oxygen atoms in total. The summed E-state index contributed by atoms with van der Waals surface area (Å²) >= 11 is 5.12. The highest BCUT2D eigenvalue weighted by Gasteiger charge is 1.99. The van der Waals surface area contributed by atoms with E-state index in [2.05, 4.69) is 40.0 Å². The highest BCUT2D eigenvalue weighted by Crippen LogP contribution is 2.16. The third-order valence-corrected chi connectivity index (χ3v) is 2.93. The third-order valence-electron chi connectivity index (χ3n) is 2.68. The summed E-state index contributed by atoms with van der Waals surface area (Å²) in [5, 5.41) is 9.96. The van der Waals surface area contributed by atoms with Crippen molar-refractivity contribution in [3.05, 3.63) is 48.2 Å². The number of nitrogens with one attached hydrogen (secondary N) is 3. The largest absolute Gasteiger partial charge is 0.363 e. The van der Waals surface area contributed by atoms with Crippen molar-refractivity contribution in [2.24, 2.45) is 0 Å². The molecule has 0 fully saturated rings. The lowest BCUT2D eigenvalue weighted by Gasteiger charge is -2.10. The van der Waals surface area contributed by atoms with Crippen LogP contribution < -0.4 is 16.0 Å². The molecule has 0 radical (unpaired) electrons. The summed E-state index contributed by atoms with van der Waals surface area (Å²) in [5.74, 6) is 0.800. The van der Waals surface area contributed by atoms with Gasteiger partial charge in [0.1, 0.15) is 5.82 Å². The SMILES string of the molecule is CCNC(=S)Nc1ccc(Nc2ccc(C)cc2)nc1. The molecule has 1 aromatic heterocycles. The molecule has 20 heavy (non-hydrogen) atoms. The number of hydrogen-bond donors (Lipinski definition) is 3. The van der Waals surface area contributed by atoms with Crippen LogP contribution in [0.25, 0.3) is 0 Å². The van der Waals surface area contributed by atoms with Crippen LogP contribution in [0.2, 0.25) is 0 Å². The molecule has 0 spiro atoms. The zero-order chi connectivity index (χ0) is 14.4. The number of aryl methyl sites for hydroxylation is 1. The third kappa shape index (κ3) is 4.20. The molecule has 1 heterocycles. The van der Waals surface area contributed by atoms with Crippen LogP contribution in [0.15, 0.2) is 42.6 Å². The van der Waals surface area contributed by atoms with Gasteiger partial charge in [0.25, 0.3) is 0 Å². The maximum atomic E-state index is 5.12. The Labute approximate surface area is 124 Å². The Morgan fingerprint density at radius 1 is 1.10 bits per heavy atom. The summed E-state index contributed by atoms with van der Waals surface area (Å²) in [6.07, 6.45) is 1.75. The van der Waals surface area contributed by atoms with Crippen molar-refractivity contribution in [2.45, 2.75) is 13.8 Å². The van der Waals surface area contributed by atoms with Crippen LogP contribution in [-0.2, 0) is 0 Å². The predicted octanol–water partition coefficient (Wildman–Crippen LogP) is 3.44. The molecular weight excluding hydrogens is 268 g/mol. The van der Waals surface area contributed by atoms with E-state index in [0.717, 1.165) is 23.7 Å². The number of nitrogens with zero attached hydrogens (tertiary/aromatic N) is 1. The number of aromatic nitrogens is 1. The Kier molecular flexibility index (Phi) is 4.90. The molecule has 2 rings (SSSR count). The lowest BCUT2D eigenvalue weighted by atomic mass is 10.2. The fourth-order valence-electron chi connectivity index (χ4n) is 1.66. The second-order valence-corrected chi connectivity index (χ2v) is 4.82. The summed E-state index contributed by atoms with van der Waals surface area (Å²) in [6, 6.07) is 12.0. The molecule has 1 aromatic carbocycles. The zero-order valence-corrected chi connectivity index (χ0v) is 12.4. The fraction of sp³-hybridized carbons (Fsp3) is 0.200. The normalized spacial score (nSPS) is 9.90. The molecule has 0 saturated heterocycles. The van der Waals surface area contributed by atoms with Gasteiger partial charge in [0.2, 0.25) is 0 Å². The molecule has 0 aliphatic rings. The highest BCUT2D eigenvalue weighted by atomic mass is 32.1. The van der Waals surface area contributed by atoms with Gasteiger partial charge in [0.15, 0.2) is 5.11 Å². The van der Waals surface area contributed by atoms with Crippen LogP contribution in [0, 0.1) is 6.92 Å². The van der Waals surface area contributed by atoms with Gasteiger partial charge >= 0.3 is 0 Å². The van der Waals surface area contributed by atoms with E-state index in [1.807, 2.05) is 31.2 Å². The minimum Gasteiger partial charge on any atom is -0.363 e. The molecule has 104 valence electrons. The first-order valence-corrected chi connectivity index (χ1v) is 6.93. The molecule has 0 unspecified atom stereocenters. The molecule has 0 atom stereocenters. The Bertz CT molecular complexity index is 563. The second kappa shape index (κ2) is 6.86. The number of pyridine rings is 1. The quantitative estimate of drug-likeness (QED) is 0.752. The highest BCUT2D eigenvalue weighted by molar-refractivity contribution is 7.80. The standard InChI is InChI=1S/C15H18N4S/c1-3-16-15(20)19-13-8-9-14(17-10-13)18-12-6-4-11(2)5-7-12/h4-10H,3H2,1-2H3,(H,17,18)(H2,16,19,20). The van der Waals surface area contributed by atoms with Crippen LogP contribution in [0.1, 0.15) is 12.5 Å². The van der Waals surface area contributed by atoms with Crippen LogP contribution in [-0.4, -0.2) is 16.6 Å². The maximum absolute atomic E-state index is 5.12. The van der Waals surface area contributed by atoms with Crippen molar-refractivity contribution >= 4 is 34.5 Å². The van der Waals surface area contributed by atoms with Crippen molar-refractivity contribution < 1.29 is 0 Å². The first kappa shape index (κ1) is 14.3. The lowest BCUT2D eigenvalue weighted by molar-refractivity contribution is 0.979. The van der Waals surface area contributed by atoms with Crippen molar-refractivity contribution in [1.29, 1.82) is 0 Å². The summed E-state index contributed by atoms with van der Waals surface area (Å²) in [6.45, 7) is 4.86. The Morgan fingerprint density at radius 3 is 2.40 bits per heavy atom. The van der Waals surface area contributed by atoms with Gasteiger partial charge in [-0.15, -0.1) is 0 Å². The van der Waals surface area contributed by atoms with Crippen molar-refractivity contribution in [3.8, 4) is 0 Å². The lowest BCUT2D eigenvalue weighted by Crippen LogP contribution is -2.27. The molecular formula is C15H18N4S. The van der Waals surface area contributed by atoms with E-state index >= 15 is 0 Å². The Morgan fingerprint density at radius 2 is 1.80 bits per heavy atom. The van der Waals surface area contributed by atoms with Crippen LogP contribution in [0.3, 0.4) is 0 Å². The fourth-order valence-corrected chi connectivity index (χ4v) is 1.92. The van der Waals surface area contributed by atoms with Gasteiger partial charge in [-0.2, -0.15) is 0 Å². The molecule has 0 bridgehead atoms. The smallest absolute Gasteiger partial charge is 0.170 e. The average molecular weight is 286 g/mol. The number of rotatable bonds is 4. The average Bonchev–Trinajstić information content (AvgIpc) is 2.44. The van der Waals surface area contributed by atoms with Crippen LogP contribution >= 0.6 is 12.2 Å². The first-order chi connectivity index (χ1) is 9.67. The maximum Gasteiger partial charge on any atom is 0.170 e. The monoisotopic (exact) mass is 286 g/mol. The summed E-state index contributed by atoms with van der Waals surface area (Å²) < 4.78 is 0. The van der Waals surface area contributed by atoms with Gasteiger partial charge in [0, 0.05) is 12.2 Å². The second-order valence-electron chi connectivity index (χ2n) is 4.41. The van der Waals surface area contributed by atoms with Gasteiger partial charge in [-0.1, -0.05) is 17.7 Å². The predicted molar refractivity (Wildman–Crippen MR) is 88.6 cm³/mol. The van der Waals surface area contributed by atoms with E-state index < -0.39 is 0 Å². The number of thiocarbonyl (C=S) groups is 1. The van der Waals surface area contributed by atoms with Crippen molar-refractivity contribution in [1.82, 2.24) is 10.3 Å². The van der Waals surface area contributed by atoms with E-state index in [1.165, 1.54) is 5.56 Å². The van der Waals surface area contributed by atoms with Crippen molar-refractivity contribution in [2.75, 3.05) is 17.2 Å². The Balaban J connectivity index is 1.97. The number of benzene rings is 1. The molecule has 0 aliphatic carbocycles. The minimum atomic E-state index is 0.605. The summed E-state index contributed by atoms with van der Waals surface area (Å²) in [7, 11) is 0. The molecule has 0 aliphatic heterocycles. The first-order valence-electron chi connectivity index (χ1n) is 6.52. The zero-order valence-electron chi connectivity index (χ0n) is 11.6. The van der Waals surface area contributed by atoms with Gasteiger partial charge in [0.05, 0.1) is 11.9 Å². The number of anilines is 3. The Hall–Kier alpha value is -2.14. The van der Waals surface area contributed by atoms with Gasteiger partial charge in [-0.05, 0) is 50.3 Å². The van der Waals surface area contributed by atoms with E-state index in [-0.39, 0.29) is 0 Å². The van der Waals surface area contributed by atoms with E-state index in [4.69, 9.17) is 12.2 Å². The molecule has 0 saturated carbocycles. The molecule has 0 amide bonds. The van der Waals surface area contributed by atoms with Gasteiger partial charge in [-0.25, -0.2) is 4.98 Å². The summed E-state index contributed by atoms with van der Waals surface area (Å²) in [5.41, 5.74) is 3.12. The molecule has 3 N–H and O–H groups in total. The molecule has 5 heteroatoms. The minimum absolute atomic E-state index is 0.605. The van der Waals surface area contributed by atoms with Gasteiger partial charge < -0.3 is 16.0 Å². The van der Waals surface area contributed by atoms with Crippen molar-refractivity contribution in [3.63, 3.8) is 0 Å². The van der Waals surface area contributed by atoms with Gasteiger partial charge in [-0.3, -0.25) is 0 Å². The number of hydrogen-bond acceptors (Lipinski definition) is 3. The van der Waals surface area contributed by atoms with Crippen LogP contribution in [0.5, 0.6) is 0 Å². The van der Waals surface area contributed by atoms with E-state index in [1.54, 1.807) is 6.20 Å². The van der Waals surface area contributed by atoms with Crippen LogP contribution in [0.4, 0.5) is 17.2 Å².